The highest BCUT2D eigenvalue weighted by Gasteiger charge is 2.32. The summed E-state index contributed by atoms with van der Waals surface area (Å²) in [4.78, 5) is 25.6. The van der Waals surface area contributed by atoms with Gasteiger partial charge in [-0.1, -0.05) is 25.5 Å². The van der Waals surface area contributed by atoms with Gasteiger partial charge >= 0.3 is 0 Å². The van der Waals surface area contributed by atoms with E-state index >= 15 is 0 Å². The number of carbonyl (C=O) groups excluding carboxylic acids is 1. The maximum absolute atomic E-state index is 12.5. The molecule has 1 fully saturated rings. The normalized spacial score (nSPS) is 17.9. The molecular formula is C23H27N5O2. The van der Waals surface area contributed by atoms with E-state index < -0.39 is 0 Å². The van der Waals surface area contributed by atoms with Crippen molar-refractivity contribution in [3.05, 3.63) is 41.2 Å². The minimum absolute atomic E-state index is 0.0603. The number of aromatic nitrogens is 3. The van der Waals surface area contributed by atoms with Crippen LogP contribution in [-0.2, 0) is 4.74 Å². The van der Waals surface area contributed by atoms with E-state index in [2.05, 4.69) is 22.5 Å². The van der Waals surface area contributed by atoms with Gasteiger partial charge < -0.3 is 20.4 Å². The van der Waals surface area contributed by atoms with E-state index in [0.29, 0.717) is 24.8 Å². The maximum Gasteiger partial charge on any atom is 0.253 e. The molecular weight excluding hydrogens is 378 g/mol. The molecule has 1 aromatic carbocycles. The molecule has 1 aliphatic carbocycles. The molecule has 156 valence electrons. The van der Waals surface area contributed by atoms with Crippen molar-refractivity contribution in [2.75, 3.05) is 18.5 Å². The Hall–Kier alpha value is -2.93. The quantitative estimate of drug-likeness (QED) is 0.491. The van der Waals surface area contributed by atoms with Gasteiger partial charge in [-0.15, -0.1) is 0 Å². The summed E-state index contributed by atoms with van der Waals surface area (Å²) >= 11 is 0. The molecule has 2 aromatic heterocycles. The largest absolute Gasteiger partial charge is 0.379 e. The van der Waals surface area contributed by atoms with Crippen LogP contribution in [-0.4, -0.2) is 40.1 Å². The molecule has 3 heterocycles. The van der Waals surface area contributed by atoms with Crippen LogP contribution in [0, 0.1) is 6.92 Å². The number of aromatic amines is 1. The summed E-state index contributed by atoms with van der Waals surface area (Å²) in [5, 5.41) is 6.48. The molecule has 1 amide bonds. The molecule has 1 aliphatic heterocycles. The van der Waals surface area contributed by atoms with Crippen LogP contribution in [0.4, 0.5) is 5.82 Å². The zero-order valence-corrected chi connectivity index (χ0v) is 17.4. The first-order valence-electron chi connectivity index (χ1n) is 10.8. The number of fused-ring (bicyclic) bond motifs is 2. The zero-order chi connectivity index (χ0) is 20.7. The summed E-state index contributed by atoms with van der Waals surface area (Å²) < 4.78 is 5.75. The van der Waals surface area contributed by atoms with Crippen LogP contribution in [0.3, 0.4) is 0 Å². The van der Waals surface area contributed by atoms with E-state index in [-0.39, 0.29) is 11.9 Å². The minimum atomic E-state index is -0.145. The third-order valence-electron chi connectivity index (χ3n) is 5.75. The monoisotopic (exact) mass is 405 g/mol. The summed E-state index contributed by atoms with van der Waals surface area (Å²) in [5.41, 5.74) is 6.00. The highest BCUT2D eigenvalue weighted by Crippen LogP contribution is 2.34. The summed E-state index contributed by atoms with van der Waals surface area (Å²) in [6.45, 7) is 5.31. The van der Waals surface area contributed by atoms with Crippen molar-refractivity contribution >= 4 is 22.8 Å². The van der Waals surface area contributed by atoms with E-state index in [1.165, 1.54) is 12.8 Å². The first kappa shape index (κ1) is 19.1. The molecule has 2 aliphatic rings. The molecule has 0 radical (unpaired) electrons. The van der Waals surface area contributed by atoms with Gasteiger partial charge in [-0.2, -0.15) is 0 Å². The van der Waals surface area contributed by atoms with Crippen molar-refractivity contribution in [2.45, 2.75) is 51.6 Å². The second-order valence-electron chi connectivity index (χ2n) is 8.21. The minimum Gasteiger partial charge on any atom is -0.379 e. The van der Waals surface area contributed by atoms with Gasteiger partial charge in [0.2, 0.25) is 0 Å². The molecule has 1 unspecified atom stereocenters. The summed E-state index contributed by atoms with van der Waals surface area (Å²) in [6, 6.07) is 8.27. The molecule has 7 nitrogen and oxygen atoms in total. The number of rotatable bonds is 8. The molecule has 5 rings (SSSR count). The van der Waals surface area contributed by atoms with Crippen molar-refractivity contribution in [1.29, 1.82) is 0 Å². The van der Waals surface area contributed by atoms with Gasteiger partial charge in [0.05, 0.1) is 35.1 Å². The third kappa shape index (κ3) is 3.54. The van der Waals surface area contributed by atoms with E-state index in [4.69, 9.17) is 14.7 Å². The molecule has 0 spiro atoms. The Balaban J connectivity index is 1.48. The Morgan fingerprint density at radius 1 is 1.23 bits per heavy atom. The Morgan fingerprint density at radius 3 is 2.90 bits per heavy atom. The van der Waals surface area contributed by atoms with Crippen LogP contribution in [0.25, 0.3) is 22.3 Å². The van der Waals surface area contributed by atoms with Crippen molar-refractivity contribution in [3.63, 3.8) is 0 Å². The number of amides is 1. The topological polar surface area (TPSA) is 91.9 Å². The van der Waals surface area contributed by atoms with Crippen molar-refractivity contribution in [3.8, 4) is 11.3 Å². The van der Waals surface area contributed by atoms with Crippen molar-refractivity contribution < 1.29 is 9.53 Å². The standard InChI is InChI=1S/C23H27N5O2/c1-3-4-10-30-12-19-21-16(23(29)27-19)11-18(26-21)15-6-5-7-17-20(15)28-22(13(2)24-17)25-14-8-9-14/h5-7,11,14,19,26H,3-4,8-10,12H2,1-2H3,(H,25,28)(H,27,29). The average molecular weight is 406 g/mol. The fourth-order valence-electron chi connectivity index (χ4n) is 3.90. The molecule has 0 bridgehead atoms. The zero-order valence-electron chi connectivity index (χ0n) is 17.4. The smallest absolute Gasteiger partial charge is 0.253 e. The molecule has 1 saturated carbocycles. The Kier molecular flexibility index (Phi) is 4.90. The fourth-order valence-corrected chi connectivity index (χ4v) is 3.90. The van der Waals surface area contributed by atoms with Gasteiger partial charge in [0.1, 0.15) is 11.3 Å². The number of carbonyl (C=O) groups is 1. The van der Waals surface area contributed by atoms with Crippen LogP contribution >= 0.6 is 0 Å². The number of anilines is 1. The molecule has 3 N–H and O–H groups in total. The van der Waals surface area contributed by atoms with Crippen LogP contribution < -0.4 is 10.6 Å². The van der Waals surface area contributed by atoms with E-state index in [0.717, 1.165) is 52.3 Å². The predicted molar refractivity (Wildman–Crippen MR) is 117 cm³/mol. The Labute approximate surface area is 175 Å². The van der Waals surface area contributed by atoms with E-state index in [1.54, 1.807) is 0 Å². The number of nitrogens with zero attached hydrogens (tertiary/aromatic N) is 2. The maximum atomic E-state index is 12.5. The number of hydrogen-bond donors (Lipinski definition) is 3. The first-order valence-corrected chi connectivity index (χ1v) is 10.8. The van der Waals surface area contributed by atoms with Crippen LogP contribution in [0.5, 0.6) is 0 Å². The van der Waals surface area contributed by atoms with Gasteiger partial charge in [0, 0.05) is 23.9 Å². The second-order valence-corrected chi connectivity index (χ2v) is 8.21. The lowest BCUT2D eigenvalue weighted by molar-refractivity contribution is 0.0871. The lowest BCUT2D eigenvalue weighted by Crippen LogP contribution is -2.24. The summed E-state index contributed by atoms with van der Waals surface area (Å²) in [7, 11) is 0. The number of nitrogens with one attached hydrogen (secondary N) is 3. The lowest BCUT2D eigenvalue weighted by Gasteiger charge is -2.13. The first-order chi connectivity index (χ1) is 14.6. The van der Waals surface area contributed by atoms with Crippen LogP contribution in [0.1, 0.15) is 60.4 Å². The predicted octanol–water partition coefficient (Wildman–Crippen LogP) is 4.11. The highest BCUT2D eigenvalue weighted by atomic mass is 16.5. The number of unbranched alkanes of at least 4 members (excludes halogenated alkanes) is 1. The van der Waals surface area contributed by atoms with Crippen LogP contribution in [0.15, 0.2) is 24.3 Å². The molecule has 30 heavy (non-hydrogen) atoms. The number of hydrogen-bond acceptors (Lipinski definition) is 5. The van der Waals surface area contributed by atoms with Gasteiger partial charge in [0.25, 0.3) is 5.91 Å². The van der Waals surface area contributed by atoms with E-state index in [9.17, 15) is 4.79 Å². The second kappa shape index (κ2) is 7.72. The number of benzene rings is 1. The summed E-state index contributed by atoms with van der Waals surface area (Å²) in [6.07, 6.45) is 4.48. The number of aryl methyl sites for hydroxylation is 1. The van der Waals surface area contributed by atoms with Gasteiger partial charge in [-0.25, -0.2) is 9.97 Å². The number of para-hydroxylation sites is 1. The molecule has 3 aromatic rings. The van der Waals surface area contributed by atoms with Crippen molar-refractivity contribution in [1.82, 2.24) is 20.3 Å². The van der Waals surface area contributed by atoms with Crippen molar-refractivity contribution in [2.24, 2.45) is 0 Å². The van der Waals surface area contributed by atoms with E-state index in [1.807, 2.05) is 31.2 Å². The van der Waals surface area contributed by atoms with Gasteiger partial charge in [-0.05, 0) is 38.3 Å². The number of ether oxygens (including phenoxy) is 1. The SMILES string of the molecule is CCCCOCC1NC(=O)c2cc(-c3cccc4nc(C)c(NC5CC5)nc34)[nH]c21. The molecule has 1 atom stereocenters. The lowest BCUT2D eigenvalue weighted by atomic mass is 10.1. The van der Waals surface area contributed by atoms with Crippen LogP contribution in [0.2, 0.25) is 0 Å². The highest BCUT2D eigenvalue weighted by molar-refractivity contribution is 6.01. The average Bonchev–Trinajstić information content (AvgIpc) is 3.36. The third-order valence-corrected chi connectivity index (χ3v) is 5.75. The fraction of sp³-hybridized carbons (Fsp3) is 0.435. The van der Waals surface area contributed by atoms with Gasteiger partial charge in [-0.3, -0.25) is 4.79 Å². The Bertz CT molecular complexity index is 1100. The Morgan fingerprint density at radius 2 is 2.10 bits per heavy atom. The van der Waals surface area contributed by atoms with Gasteiger partial charge in [0.15, 0.2) is 0 Å². The number of H-pyrrole nitrogens is 1. The molecule has 0 saturated heterocycles. The summed E-state index contributed by atoms with van der Waals surface area (Å²) in [5.74, 6) is 0.784. The molecule has 7 heteroatoms.